The molecule has 0 radical (unpaired) electrons. The number of hydrogen-bond donors (Lipinski definition) is 1. The van der Waals surface area contributed by atoms with Crippen molar-refractivity contribution in [3.05, 3.63) is 29.3 Å². The lowest BCUT2D eigenvalue weighted by molar-refractivity contribution is 0.0691. The molecule has 1 saturated heterocycles. The lowest BCUT2D eigenvalue weighted by atomic mass is 10.1. The molecule has 112 valence electrons. The molecule has 1 heterocycles. The van der Waals surface area contributed by atoms with Crippen molar-refractivity contribution in [2.45, 2.75) is 45.6 Å². The first-order chi connectivity index (χ1) is 9.66. The van der Waals surface area contributed by atoms with Crippen molar-refractivity contribution in [1.82, 2.24) is 4.90 Å². The molecular weight excluding hydrogens is 250 g/mol. The molecule has 1 fully saturated rings. The molecule has 1 aromatic rings. The van der Waals surface area contributed by atoms with E-state index < -0.39 is 6.10 Å². The van der Waals surface area contributed by atoms with Crippen LogP contribution in [0.1, 0.15) is 36.8 Å². The van der Waals surface area contributed by atoms with Crippen molar-refractivity contribution in [2.24, 2.45) is 0 Å². The second-order valence-corrected chi connectivity index (χ2v) is 5.88. The third-order valence-corrected chi connectivity index (χ3v) is 4.15. The van der Waals surface area contributed by atoms with Crippen molar-refractivity contribution < 1.29 is 9.84 Å². The van der Waals surface area contributed by atoms with Gasteiger partial charge in [-0.2, -0.15) is 0 Å². The molecule has 3 nitrogen and oxygen atoms in total. The Labute approximate surface area is 122 Å². The van der Waals surface area contributed by atoms with Gasteiger partial charge >= 0.3 is 0 Å². The van der Waals surface area contributed by atoms with Gasteiger partial charge in [0.2, 0.25) is 0 Å². The van der Waals surface area contributed by atoms with Crippen molar-refractivity contribution >= 4 is 0 Å². The van der Waals surface area contributed by atoms with E-state index in [0.29, 0.717) is 6.61 Å². The summed E-state index contributed by atoms with van der Waals surface area (Å²) in [5.74, 6) is 0.889. The molecule has 3 heteroatoms. The van der Waals surface area contributed by atoms with Gasteiger partial charge in [-0.15, -0.1) is 0 Å². The first kappa shape index (κ1) is 15.3. The number of aliphatic hydroxyl groups is 1. The van der Waals surface area contributed by atoms with Crippen LogP contribution in [-0.4, -0.2) is 42.4 Å². The number of benzene rings is 1. The van der Waals surface area contributed by atoms with Crippen molar-refractivity contribution in [1.29, 1.82) is 0 Å². The summed E-state index contributed by atoms with van der Waals surface area (Å²) in [6.45, 7) is 7.47. The minimum Gasteiger partial charge on any atom is -0.491 e. The molecule has 0 amide bonds. The molecule has 1 aliphatic rings. The zero-order valence-electron chi connectivity index (χ0n) is 12.8. The molecular formula is C17H27NO2. The fraction of sp³-hybridized carbons (Fsp3) is 0.647. The summed E-state index contributed by atoms with van der Waals surface area (Å²) in [7, 11) is 0. The SMILES string of the molecule is Cc1cccc(OC[C@@H](O)CN2CCCCCC2)c1C. The van der Waals surface area contributed by atoms with E-state index in [9.17, 15) is 5.11 Å². The number of likely N-dealkylation sites (tertiary alicyclic amines) is 1. The summed E-state index contributed by atoms with van der Waals surface area (Å²) < 4.78 is 5.78. The highest BCUT2D eigenvalue weighted by Crippen LogP contribution is 2.20. The Bertz CT molecular complexity index is 411. The molecule has 0 aliphatic carbocycles. The van der Waals surface area contributed by atoms with Crippen LogP contribution >= 0.6 is 0 Å². The van der Waals surface area contributed by atoms with Crippen LogP contribution in [0.3, 0.4) is 0 Å². The maximum Gasteiger partial charge on any atom is 0.122 e. The van der Waals surface area contributed by atoms with Gasteiger partial charge < -0.3 is 14.7 Å². The Kier molecular flexibility index (Phi) is 5.86. The lowest BCUT2D eigenvalue weighted by Crippen LogP contribution is -2.36. The van der Waals surface area contributed by atoms with Crippen LogP contribution in [0.15, 0.2) is 18.2 Å². The molecule has 0 saturated carbocycles. The standard InChI is InChI=1S/C17H27NO2/c1-14-8-7-9-17(15(14)2)20-13-16(19)12-18-10-5-3-4-6-11-18/h7-9,16,19H,3-6,10-13H2,1-2H3/t16-/m0/s1. The van der Waals surface area contributed by atoms with Gasteiger partial charge in [-0.25, -0.2) is 0 Å². The molecule has 1 atom stereocenters. The van der Waals surface area contributed by atoms with Crippen LogP contribution in [0.2, 0.25) is 0 Å². The minimum absolute atomic E-state index is 0.376. The summed E-state index contributed by atoms with van der Waals surface area (Å²) >= 11 is 0. The van der Waals surface area contributed by atoms with Crippen LogP contribution in [0.5, 0.6) is 5.75 Å². The van der Waals surface area contributed by atoms with Crippen LogP contribution in [-0.2, 0) is 0 Å². The zero-order chi connectivity index (χ0) is 14.4. The topological polar surface area (TPSA) is 32.7 Å². The maximum atomic E-state index is 10.1. The molecule has 0 bridgehead atoms. The van der Waals surface area contributed by atoms with E-state index in [4.69, 9.17) is 4.74 Å². The molecule has 20 heavy (non-hydrogen) atoms. The third-order valence-electron chi connectivity index (χ3n) is 4.15. The number of aliphatic hydroxyl groups excluding tert-OH is 1. The summed E-state index contributed by atoms with van der Waals surface area (Å²) in [5.41, 5.74) is 2.39. The Balaban J connectivity index is 1.79. The number of aryl methyl sites for hydroxylation is 1. The normalized spacial score (nSPS) is 18.6. The monoisotopic (exact) mass is 277 g/mol. The van der Waals surface area contributed by atoms with E-state index in [2.05, 4.69) is 24.8 Å². The number of rotatable bonds is 5. The second-order valence-electron chi connectivity index (χ2n) is 5.88. The molecule has 1 N–H and O–H groups in total. The second kappa shape index (κ2) is 7.65. The Morgan fingerprint density at radius 2 is 1.85 bits per heavy atom. The fourth-order valence-electron chi connectivity index (χ4n) is 2.74. The van der Waals surface area contributed by atoms with Crippen LogP contribution in [0.4, 0.5) is 0 Å². The van der Waals surface area contributed by atoms with Crippen molar-refractivity contribution in [3.63, 3.8) is 0 Å². The van der Waals surface area contributed by atoms with E-state index in [1.807, 2.05) is 12.1 Å². The maximum absolute atomic E-state index is 10.1. The zero-order valence-corrected chi connectivity index (χ0v) is 12.8. The van der Waals surface area contributed by atoms with E-state index >= 15 is 0 Å². The summed E-state index contributed by atoms with van der Waals surface area (Å²) in [6, 6.07) is 6.05. The Hall–Kier alpha value is -1.06. The number of hydrogen-bond acceptors (Lipinski definition) is 3. The van der Waals surface area contributed by atoms with Gasteiger partial charge in [0.1, 0.15) is 18.5 Å². The van der Waals surface area contributed by atoms with Gasteiger partial charge in [-0.3, -0.25) is 0 Å². The van der Waals surface area contributed by atoms with E-state index in [1.54, 1.807) is 0 Å². The lowest BCUT2D eigenvalue weighted by Gasteiger charge is -2.23. The Morgan fingerprint density at radius 1 is 1.15 bits per heavy atom. The first-order valence-electron chi connectivity index (χ1n) is 7.76. The molecule has 0 spiro atoms. The first-order valence-corrected chi connectivity index (χ1v) is 7.76. The van der Waals surface area contributed by atoms with Gasteiger partial charge in [-0.05, 0) is 57.0 Å². The molecule has 0 unspecified atom stereocenters. The molecule has 2 rings (SSSR count). The van der Waals surface area contributed by atoms with E-state index in [1.165, 1.54) is 31.2 Å². The van der Waals surface area contributed by atoms with Crippen LogP contribution < -0.4 is 4.74 Å². The van der Waals surface area contributed by atoms with Gasteiger partial charge in [-0.1, -0.05) is 25.0 Å². The number of nitrogens with zero attached hydrogens (tertiary/aromatic N) is 1. The summed E-state index contributed by atoms with van der Waals surface area (Å²) in [5, 5.41) is 10.1. The molecule has 0 aromatic heterocycles. The largest absolute Gasteiger partial charge is 0.491 e. The minimum atomic E-state index is -0.409. The third kappa shape index (κ3) is 4.50. The predicted octanol–water partition coefficient (Wildman–Crippen LogP) is 2.92. The van der Waals surface area contributed by atoms with Gasteiger partial charge in [0.05, 0.1) is 0 Å². The van der Waals surface area contributed by atoms with Crippen molar-refractivity contribution in [2.75, 3.05) is 26.2 Å². The van der Waals surface area contributed by atoms with Gasteiger partial charge in [0.25, 0.3) is 0 Å². The number of ether oxygens (including phenoxy) is 1. The average Bonchev–Trinajstić information content (AvgIpc) is 2.69. The van der Waals surface area contributed by atoms with Crippen molar-refractivity contribution in [3.8, 4) is 5.75 Å². The van der Waals surface area contributed by atoms with Crippen LogP contribution in [0, 0.1) is 13.8 Å². The van der Waals surface area contributed by atoms with E-state index in [0.717, 1.165) is 30.9 Å². The smallest absolute Gasteiger partial charge is 0.122 e. The highest BCUT2D eigenvalue weighted by molar-refractivity contribution is 5.38. The number of β-amino-alcohol motifs (C(OH)–C–C–N with tert-alkyl or cyclic N) is 1. The van der Waals surface area contributed by atoms with Gasteiger partial charge in [0, 0.05) is 6.54 Å². The highest BCUT2D eigenvalue weighted by Gasteiger charge is 2.14. The average molecular weight is 277 g/mol. The highest BCUT2D eigenvalue weighted by atomic mass is 16.5. The Morgan fingerprint density at radius 3 is 2.55 bits per heavy atom. The quantitative estimate of drug-likeness (QED) is 0.898. The van der Waals surface area contributed by atoms with Crippen LogP contribution in [0.25, 0.3) is 0 Å². The summed E-state index contributed by atoms with van der Waals surface area (Å²) in [6.07, 6.45) is 4.75. The summed E-state index contributed by atoms with van der Waals surface area (Å²) in [4.78, 5) is 2.37. The molecule has 1 aromatic carbocycles. The predicted molar refractivity (Wildman–Crippen MR) is 82.3 cm³/mol. The fourth-order valence-corrected chi connectivity index (χ4v) is 2.74. The van der Waals surface area contributed by atoms with Gasteiger partial charge in [0.15, 0.2) is 0 Å². The molecule has 1 aliphatic heterocycles. The van der Waals surface area contributed by atoms with E-state index in [-0.39, 0.29) is 0 Å².